The Kier molecular flexibility index (Phi) is 3.85. The van der Waals surface area contributed by atoms with Gasteiger partial charge in [-0.15, -0.1) is 0 Å². The van der Waals surface area contributed by atoms with Crippen molar-refractivity contribution >= 4 is 0 Å². The van der Waals surface area contributed by atoms with Crippen molar-refractivity contribution in [2.24, 2.45) is 5.92 Å². The summed E-state index contributed by atoms with van der Waals surface area (Å²) in [4.78, 5) is 2.37. The van der Waals surface area contributed by atoms with E-state index in [0.29, 0.717) is 5.92 Å². The molecule has 1 atom stereocenters. The van der Waals surface area contributed by atoms with Gasteiger partial charge in [-0.1, -0.05) is 44.2 Å². The molecule has 0 aromatic heterocycles. The molecule has 0 bridgehead atoms. The Labute approximate surface area is 104 Å². The molecule has 1 aliphatic heterocycles. The summed E-state index contributed by atoms with van der Waals surface area (Å²) in [6.45, 7) is 7.09. The Morgan fingerprint density at radius 1 is 1.29 bits per heavy atom. The first-order valence-corrected chi connectivity index (χ1v) is 6.59. The summed E-state index contributed by atoms with van der Waals surface area (Å²) in [7, 11) is 0. The number of piperidine rings is 1. The van der Waals surface area contributed by atoms with E-state index in [-0.39, 0.29) is 0 Å². The highest BCUT2D eigenvalue weighted by Crippen LogP contribution is 2.28. The Balaban J connectivity index is 1.99. The largest absolute Gasteiger partial charge is 0.388 e. The van der Waals surface area contributed by atoms with Gasteiger partial charge in [0, 0.05) is 13.1 Å². The van der Waals surface area contributed by atoms with Crippen molar-refractivity contribution in [3.05, 3.63) is 35.9 Å². The Hall–Kier alpha value is -0.860. The van der Waals surface area contributed by atoms with Crippen molar-refractivity contribution in [3.63, 3.8) is 0 Å². The van der Waals surface area contributed by atoms with Gasteiger partial charge >= 0.3 is 0 Å². The molecule has 1 fully saturated rings. The van der Waals surface area contributed by atoms with Gasteiger partial charge in [0.15, 0.2) is 0 Å². The maximum atomic E-state index is 10.6. The van der Waals surface area contributed by atoms with E-state index < -0.39 is 5.60 Å². The van der Waals surface area contributed by atoms with Gasteiger partial charge in [0.25, 0.3) is 0 Å². The van der Waals surface area contributed by atoms with E-state index in [2.05, 4.69) is 43.0 Å². The highest BCUT2D eigenvalue weighted by molar-refractivity contribution is 5.14. The number of hydrogen-bond acceptors (Lipinski definition) is 2. The molecule has 1 N–H and O–H groups in total. The second-order valence-corrected chi connectivity index (χ2v) is 5.56. The predicted octanol–water partition coefficient (Wildman–Crippen LogP) is 2.67. The van der Waals surface area contributed by atoms with E-state index in [9.17, 15) is 5.11 Å². The fourth-order valence-electron chi connectivity index (χ4n) is 2.60. The fourth-order valence-corrected chi connectivity index (χ4v) is 2.60. The zero-order valence-corrected chi connectivity index (χ0v) is 10.9. The van der Waals surface area contributed by atoms with Crippen LogP contribution in [0.5, 0.6) is 0 Å². The van der Waals surface area contributed by atoms with Gasteiger partial charge in [0.05, 0.1) is 5.60 Å². The number of aliphatic hydroxyl groups is 1. The van der Waals surface area contributed by atoms with Crippen LogP contribution >= 0.6 is 0 Å². The molecule has 2 rings (SSSR count). The van der Waals surface area contributed by atoms with Crippen molar-refractivity contribution in [2.75, 3.05) is 13.1 Å². The normalized spacial score (nSPS) is 26.4. The molecule has 0 radical (unpaired) electrons. The highest BCUT2D eigenvalue weighted by atomic mass is 16.3. The van der Waals surface area contributed by atoms with Crippen LogP contribution in [0, 0.1) is 5.92 Å². The minimum Gasteiger partial charge on any atom is -0.388 e. The van der Waals surface area contributed by atoms with Gasteiger partial charge in [-0.05, 0) is 30.9 Å². The molecular formula is C15H23NO. The molecule has 1 aromatic rings. The fraction of sp³-hybridized carbons (Fsp3) is 0.600. The third-order valence-electron chi connectivity index (χ3n) is 3.91. The molecule has 17 heavy (non-hydrogen) atoms. The monoisotopic (exact) mass is 233 g/mol. The van der Waals surface area contributed by atoms with Crippen LogP contribution in [0.3, 0.4) is 0 Å². The predicted molar refractivity (Wildman–Crippen MR) is 70.7 cm³/mol. The van der Waals surface area contributed by atoms with E-state index in [4.69, 9.17) is 0 Å². The van der Waals surface area contributed by atoms with Crippen LogP contribution in [-0.2, 0) is 6.54 Å². The van der Waals surface area contributed by atoms with E-state index in [0.717, 1.165) is 32.5 Å². The smallest absolute Gasteiger partial charge is 0.0797 e. The van der Waals surface area contributed by atoms with Gasteiger partial charge in [-0.2, -0.15) is 0 Å². The lowest BCUT2D eigenvalue weighted by atomic mass is 9.83. The number of β-amino-alcohol motifs (C(OH)–C–C–N with tert-alkyl or cyclic N) is 1. The second kappa shape index (κ2) is 5.19. The zero-order chi connectivity index (χ0) is 12.3. The van der Waals surface area contributed by atoms with Crippen LogP contribution in [0.4, 0.5) is 0 Å². The minimum absolute atomic E-state index is 0.334. The summed E-state index contributed by atoms with van der Waals surface area (Å²) in [5.74, 6) is 0.334. The third-order valence-corrected chi connectivity index (χ3v) is 3.91. The summed E-state index contributed by atoms with van der Waals surface area (Å²) in [5.41, 5.74) is 0.841. The average Bonchev–Trinajstić information content (AvgIpc) is 2.30. The maximum absolute atomic E-state index is 10.6. The van der Waals surface area contributed by atoms with Gasteiger partial charge < -0.3 is 5.11 Å². The summed E-state index contributed by atoms with van der Waals surface area (Å²) in [6.07, 6.45) is 2.04. The van der Waals surface area contributed by atoms with Crippen LogP contribution < -0.4 is 0 Å². The minimum atomic E-state index is -0.493. The number of hydrogen-bond donors (Lipinski definition) is 1. The molecule has 0 spiro atoms. The molecule has 1 heterocycles. The molecule has 94 valence electrons. The molecule has 0 aliphatic carbocycles. The van der Waals surface area contributed by atoms with Crippen molar-refractivity contribution in [1.29, 1.82) is 0 Å². The zero-order valence-electron chi connectivity index (χ0n) is 10.9. The Morgan fingerprint density at radius 3 is 2.65 bits per heavy atom. The lowest BCUT2D eigenvalue weighted by molar-refractivity contribution is -0.0666. The van der Waals surface area contributed by atoms with Crippen LogP contribution in [0.25, 0.3) is 0 Å². The number of rotatable bonds is 3. The number of benzene rings is 1. The molecule has 2 nitrogen and oxygen atoms in total. The summed E-state index contributed by atoms with van der Waals surface area (Å²) >= 11 is 0. The molecule has 0 saturated carbocycles. The molecular weight excluding hydrogens is 210 g/mol. The van der Waals surface area contributed by atoms with Crippen molar-refractivity contribution < 1.29 is 5.11 Å². The third kappa shape index (κ3) is 3.08. The highest BCUT2D eigenvalue weighted by Gasteiger charge is 2.35. The standard InChI is InChI=1S/C15H23NO/c1-13(2)15(17)9-6-10-16(12-15)11-14-7-4-3-5-8-14/h3-5,7-8,13,17H,6,9-12H2,1-2H3. The van der Waals surface area contributed by atoms with Gasteiger partial charge in [0.2, 0.25) is 0 Å². The van der Waals surface area contributed by atoms with E-state index in [1.165, 1.54) is 5.56 Å². The van der Waals surface area contributed by atoms with Gasteiger partial charge in [0.1, 0.15) is 0 Å². The molecule has 1 aromatic carbocycles. The van der Waals surface area contributed by atoms with Crippen LogP contribution in [0.1, 0.15) is 32.3 Å². The van der Waals surface area contributed by atoms with Crippen molar-refractivity contribution in [2.45, 2.75) is 38.8 Å². The first-order chi connectivity index (χ1) is 8.10. The average molecular weight is 233 g/mol. The first kappa shape index (κ1) is 12.6. The molecule has 1 saturated heterocycles. The van der Waals surface area contributed by atoms with Gasteiger partial charge in [-0.25, -0.2) is 0 Å². The Bertz CT molecular complexity index is 349. The topological polar surface area (TPSA) is 23.5 Å². The Morgan fingerprint density at radius 2 is 2.00 bits per heavy atom. The molecule has 1 unspecified atom stereocenters. The lowest BCUT2D eigenvalue weighted by Crippen LogP contribution is -2.50. The van der Waals surface area contributed by atoms with Crippen molar-refractivity contribution in [1.82, 2.24) is 4.90 Å². The first-order valence-electron chi connectivity index (χ1n) is 6.59. The lowest BCUT2D eigenvalue weighted by Gasteiger charge is -2.42. The summed E-state index contributed by atoms with van der Waals surface area (Å²) in [6, 6.07) is 10.5. The van der Waals surface area contributed by atoms with Crippen LogP contribution in [-0.4, -0.2) is 28.7 Å². The van der Waals surface area contributed by atoms with E-state index >= 15 is 0 Å². The second-order valence-electron chi connectivity index (χ2n) is 5.56. The van der Waals surface area contributed by atoms with Crippen LogP contribution in [0.2, 0.25) is 0 Å². The molecule has 2 heteroatoms. The SMILES string of the molecule is CC(C)C1(O)CCCN(Cc2ccccc2)C1. The van der Waals surface area contributed by atoms with E-state index in [1.807, 2.05) is 6.07 Å². The summed E-state index contributed by atoms with van der Waals surface area (Å²) in [5, 5.41) is 10.6. The van der Waals surface area contributed by atoms with Gasteiger partial charge in [-0.3, -0.25) is 4.90 Å². The molecule has 0 amide bonds. The quantitative estimate of drug-likeness (QED) is 0.867. The van der Waals surface area contributed by atoms with Crippen molar-refractivity contribution in [3.8, 4) is 0 Å². The number of nitrogens with zero attached hydrogens (tertiary/aromatic N) is 1. The van der Waals surface area contributed by atoms with Crippen LogP contribution in [0.15, 0.2) is 30.3 Å². The van der Waals surface area contributed by atoms with E-state index in [1.54, 1.807) is 0 Å². The number of likely N-dealkylation sites (tertiary alicyclic amines) is 1. The summed E-state index contributed by atoms with van der Waals surface area (Å²) < 4.78 is 0. The molecule has 1 aliphatic rings. The maximum Gasteiger partial charge on any atom is 0.0797 e.